The predicted molar refractivity (Wildman–Crippen MR) is 66.9 cm³/mol. The van der Waals surface area contributed by atoms with Crippen LogP contribution in [-0.4, -0.2) is 10.2 Å². The molecule has 0 aliphatic heterocycles. The maximum Gasteiger partial charge on any atom is 0.0992 e. The van der Waals surface area contributed by atoms with Crippen LogP contribution in [0.2, 0.25) is 0 Å². The molecule has 0 fully saturated rings. The van der Waals surface area contributed by atoms with E-state index in [1.807, 2.05) is 12.1 Å². The van der Waals surface area contributed by atoms with Crippen molar-refractivity contribution < 1.29 is 5.21 Å². The molecule has 0 amide bonds. The number of hydrogen-bond acceptors (Lipinski definition) is 4. The molecule has 0 saturated carbocycles. The van der Waals surface area contributed by atoms with Crippen LogP contribution in [0.25, 0.3) is 10.2 Å². The van der Waals surface area contributed by atoms with E-state index >= 15 is 0 Å². The highest BCUT2D eigenvalue weighted by Gasteiger charge is 2.18. The standard InChI is InChI=1S/C12H16N2OS/c1-12(2,3)11-14-9-5-4-8(7-13-15)6-10(9)16-11/h4-6,13,15H,7H2,1-3H3. The molecule has 0 saturated heterocycles. The second kappa shape index (κ2) is 4.13. The number of nitrogens with one attached hydrogen (secondary N) is 1. The Morgan fingerprint density at radius 3 is 2.75 bits per heavy atom. The first-order chi connectivity index (χ1) is 7.50. The van der Waals surface area contributed by atoms with Crippen molar-refractivity contribution in [1.82, 2.24) is 10.5 Å². The Kier molecular flexibility index (Phi) is 2.97. The van der Waals surface area contributed by atoms with E-state index in [1.54, 1.807) is 11.3 Å². The zero-order chi connectivity index (χ0) is 11.8. The number of fused-ring (bicyclic) bond motifs is 1. The van der Waals surface area contributed by atoms with Crippen molar-refractivity contribution >= 4 is 21.6 Å². The van der Waals surface area contributed by atoms with Crippen molar-refractivity contribution in [1.29, 1.82) is 0 Å². The lowest BCUT2D eigenvalue weighted by Gasteiger charge is -2.13. The molecule has 3 nitrogen and oxygen atoms in total. The molecular formula is C12H16N2OS. The van der Waals surface area contributed by atoms with Gasteiger partial charge in [0.15, 0.2) is 0 Å². The van der Waals surface area contributed by atoms with Gasteiger partial charge >= 0.3 is 0 Å². The van der Waals surface area contributed by atoms with Gasteiger partial charge in [0.1, 0.15) is 0 Å². The number of nitrogens with zero attached hydrogens (tertiary/aromatic N) is 1. The van der Waals surface area contributed by atoms with Gasteiger partial charge in [0, 0.05) is 12.0 Å². The van der Waals surface area contributed by atoms with Gasteiger partial charge < -0.3 is 5.21 Å². The Balaban J connectivity index is 2.46. The van der Waals surface area contributed by atoms with Gasteiger partial charge in [0.05, 0.1) is 15.2 Å². The summed E-state index contributed by atoms with van der Waals surface area (Å²) >= 11 is 1.72. The minimum atomic E-state index is 0.0963. The van der Waals surface area contributed by atoms with Crippen LogP contribution in [0.3, 0.4) is 0 Å². The van der Waals surface area contributed by atoms with Crippen LogP contribution in [0.15, 0.2) is 18.2 Å². The molecule has 0 atom stereocenters. The van der Waals surface area contributed by atoms with E-state index in [-0.39, 0.29) is 5.41 Å². The molecule has 4 heteroatoms. The molecule has 0 spiro atoms. The lowest BCUT2D eigenvalue weighted by molar-refractivity contribution is 0.161. The predicted octanol–water partition coefficient (Wildman–Crippen LogP) is 3.07. The molecule has 0 bridgehead atoms. The van der Waals surface area contributed by atoms with Crippen LogP contribution in [0.4, 0.5) is 0 Å². The fourth-order valence-electron chi connectivity index (χ4n) is 1.49. The summed E-state index contributed by atoms with van der Waals surface area (Å²) in [6.07, 6.45) is 0. The van der Waals surface area contributed by atoms with Crippen molar-refractivity contribution in [2.75, 3.05) is 0 Å². The SMILES string of the molecule is CC(C)(C)c1nc2ccc(CNO)cc2s1. The summed E-state index contributed by atoms with van der Waals surface area (Å²) in [5.41, 5.74) is 4.37. The molecule has 1 aromatic carbocycles. The maximum absolute atomic E-state index is 8.66. The number of thiazole rings is 1. The highest BCUT2D eigenvalue weighted by atomic mass is 32.1. The summed E-state index contributed by atoms with van der Waals surface area (Å²) in [6, 6.07) is 6.07. The average molecular weight is 236 g/mol. The molecule has 2 aromatic rings. The van der Waals surface area contributed by atoms with Crippen LogP contribution in [0.1, 0.15) is 31.3 Å². The number of aromatic nitrogens is 1. The second-order valence-electron chi connectivity index (χ2n) is 4.91. The van der Waals surface area contributed by atoms with Gasteiger partial charge in [0.2, 0.25) is 0 Å². The van der Waals surface area contributed by atoms with E-state index < -0.39 is 0 Å². The molecule has 16 heavy (non-hydrogen) atoms. The van der Waals surface area contributed by atoms with E-state index in [9.17, 15) is 0 Å². The van der Waals surface area contributed by atoms with Crippen LogP contribution in [-0.2, 0) is 12.0 Å². The van der Waals surface area contributed by atoms with Gasteiger partial charge in [-0.2, -0.15) is 0 Å². The minimum absolute atomic E-state index is 0.0963. The summed E-state index contributed by atoms with van der Waals surface area (Å²) in [7, 11) is 0. The number of hydroxylamine groups is 1. The van der Waals surface area contributed by atoms with Crippen LogP contribution in [0, 0.1) is 0 Å². The third kappa shape index (κ3) is 2.24. The first-order valence-electron chi connectivity index (χ1n) is 5.27. The van der Waals surface area contributed by atoms with E-state index in [2.05, 4.69) is 37.3 Å². The number of benzene rings is 1. The van der Waals surface area contributed by atoms with Gasteiger partial charge in [-0.1, -0.05) is 26.8 Å². The molecule has 1 heterocycles. The van der Waals surface area contributed by atoms with Crippen molar-refractivity contribution in [2.24, 2.45) is 0 Å². The summed E-state index contributed by atoms with van der Waals surface area (Å²) in [5.74, 6) is 0. The normalized spacial score (nSPS) is 12.2. The molecule has 2 N–H and O–H groups in total. The molecule has 86 valence electrons. The summed E-state index contributed by atoms with van der Waals surface area (Å²) < 4.78 is 1.18. The Morgan fingerprint density at radius 1 is 1.38 bits per heavy atom. The van der Waals surface area contributed by atoms with E-state index in [0.29, 0.717) is 6.54 Å². The van der Waals surface area contributed by atoms with Gasteiger partial charge in [-0.05, 0) is 17.7 Å². The first-order valence-corrected chi connectivity index (χ1v) is 6.09. The fourth-order valence-corrected chi connectivity index (χ4v) is 2.58. The monoisotopic (exact) mass is 236 g/mol. The largest absolute Gasteiger partial charge is 0.316 e. The highest BCUT2D eigenvalue weighted by Crippen LogP contribution is 2.31. The van der Waals surface area contributed by atoms with Crippen molar-refractivity contribution in [3.8, 4) is 0 Å². The Morgan fingerprint density at radius 2 is 2.12 bits per heavy atom. The molecule has 0 unspecified atom stereocenters. The van der Waals surface area contributed by atoms with Gasteiger partial charge in [-0.25, -0.2) is 10.5 Å². The van der Waals surface area contributed by atoms with E-state index in [4.69, 9.17) is 5.21 Å². The Bertz CT molecular complexity index is 499. The molecule has 0 aliphatic carbocycles. The van der Waals surface area contributed by atoms with Crippen molar-refractivity contribution in [3.63, 3.8) is 0 Å². The number of rotatable bonds is 2. The fraction of sp³-hybridized carbons (Fsp3) is 0.417. The molecule has 2 rings (SSSR count). The number of hydrogen-bond donors (Lipinski definition) is 2. The van der Waals surface area contributed by atoms with Crippen molar-refractivity contribution in [2.45, 2.75) is 32.7 Å². The lowest BCUT2D eigenvalue weighted by Crippen LogP contribution is -2.09. The average Bonchev–Trinajstić information content (AvgIpc) is 2.60. The topological polar surface area (TPSA) is 45.2 Å². The Hall–Kier alpha value is -0.970. The van der Waals surface area contributed by atoms with Gasteiger partial charge in [-0.15, -0.1) is 11.3 Å². The minimum Gasteiger partial charge on any atom is -0.316 e. The van der Waals surface area contributed by atoms with Crippen molar-refractivity contribution in [3.05, 3.63) is 28.8 Å². The third-order valence-corrected chi connectivity index (χ3v) is 3.82. The summed E-state index contributed by atoms with van der Waals surface area (Å²) in [5, 5.41) is 9.81. The first kappa shape index (κ1) is 11.5. The van der Waals surface area contributed by atoms with Crippen LogP contribution >= 0.6 is 11.3 Å². The van der Waals surface area contributed by atoms with Crippen LogP contribution in [0.5, 0.6) is 0 Å². The van der Waals surface area contributed by atoms with E-state index in [1.165, 1.54) is 4.70 Å². The highest BCUT2D eigenvalue weighted by molar-refractivity contribution is 7.18. The second-order valence-corrected chi connectivity index (χ2v) is 5.94. The van der Waals surface area contributed by atoms with Crippen LogP contribution < -0.4 is 5.48 Å². The zero-order valence-electron chi connectivity index (χ0n) is 9.74. The summed E-state index contributed by atoms with van der Waals surface area (Å²) in [4.78, 5) is 4.62. The Labute approximate surface area is 99.1 Å². The molecular weight excluding hydrogens is 220 g/mol. The molecule has 0 radical (unpaired) electrons. The maximum atomic E-state index is 8.66. The smallest absolute Gasteiger partial charge is 0.0992 e. The zero-order valence-corrected chi connectivity index (χ0v) is 10.6. The quantitative estimate of drug-likeness (QED) is 0.788. The summed E-state index contributed by atoms with van der Waals surface area (Å²) in [6.45, 7) is 6.97. The van der Waals surface area contributed by atoms with Gasteiger partial charge in [0.25, 0.3) is 0 Å². The lowest BCUT2D eigenvalue weighted by atomic mass is 9.98. The third-order valence-electron chi connectivity index (χ3n) is 2.38. The molecule has 0 aliphatic rings. The van der Waals surface area contributed by atoms with Gasteiger partial charge in [-0.3, -0.25) is 0 Å². The molecule has 1 aromatic heterocycles. The van der Waals surface area contributed by atoms with E-state index in [0.717, 1.165) is 16.1 Å².